The average molecular weight is 356 g/mol. The van der Waals surface area contributed by atoms with Gasteiger partial charge in [-0.25, -0.2) is 4.79 Å². The molecule has 2 aliphatic heterocycles. The Bertz CT molecular complexity index is 811. The fraction of sp³-hybridized carbons (Fsp3) is 0.600. The molecule has 2 aliphatic rings. The van der Waals surface area contributed by atoms with Crippen molar-refractivity contribution in [1.29, 1.82) is 0 Å². The Kier molecular flexibility index (Phi) is 5.11. The number of para-hydroxylation sites is 2. The highest BCUT2D eigenvalue weighted by atomic mass is 16.2. The molecule has 0 atom stereocenters. The van der Waals surface area contributed by atoms with E-state index < -0.39 is 0 Å². The quantitative estimate of drug-likeness (QED) is 0.915. The summed E-state index contributed by atoms with van der Waals surface area (Å²) in [5, 5.41) is 0. The van der Waals surface area contributed by atoms with E-state index in [9.17, 15) is 9.59 Å². The maximum Gasteiger partial charge on any atom is 0.326 e. The van der Waals surface area contributed by atoms with Crippen molar-refractivity contribution in [2.75, 3.05) is 32.7 Å². The van der Waals surface area contributed by atoms with Gasteiger partial charge < -0.3 is 14.8 Å². The van der Waals surface area contributed by atoms with E-state index in [2.05, 4.69) is 9.88 Å². The van der Waals surface area contributed by atoms with Gasteiger partial charge in [0.1, 0.15) is 0 Å². The second-order valence-electron chi connectivity index (χ2n) is 7.58. The van der Waals surface area contributed by atoms with Crippen molar-refractivity contribution in [2.24, 2.45) is 0 Å². The number of nitrogens with zero attached hydrogens (tertiary/aromatic N) is 3. The van der Waals surface area contributed by atoms with Crippen LogP contribution in [0.25, 0.3) is 11.0 Å². The van der Waals surface area contributed by atoms with E-state index >= 15 is 0 Å². The number of likely N-dealkylation sites (tertiary alicyclic amines) is 2. The first kappa shape index (κ1) is 17.3. The van der Waals surface area contributed by atoms with Crippen LogP contribution in [-0.2, 0) is 4.79 Å². The molecular weight excluding hydrogens is 328 g/mol. The van der Waals surface area contributed by atoms with Gasteiger partial charge in [-0.3, -0.25) is 9.36 Å². The molecule has 0 aliphatic carbocycles. The van der Waals surface area contributed by atoms with Crippen LogP contribution in [0.1, 0.15) is 44.6 Å². The van der Waals surface area contributed by atoms with Crippen molar-refractivity contribution >= 4 is 16.9 Å². The van der Waals surface area contributed by atoms with Crippen molar-refractivity contribution in [1.82, 2.24) is 19.4 Å². The Morgan fingerprint density at radius 1 is 1.04 bits per heavy atom. The number of carbonyl (C=O) groups excluding carboxylic acids is 1. The molecule has 2 aromatic rings. The number of imidazole rings is 1. The molecule has 1 aromatic heterocycles. The summed E-state index contributed by atoms with van der Waals surface area (Å²) in [7, 11) is 0. The van der Waals surface area contributed by atoms with Crippen molar-refractivity contribution in [2.45, 2.75) is 44.6 Å². The lowest BCUT2D eigenvalue weighted by molar-refractivity contribution is -0.132. The van der Waals surface area contributed by atoms with E-state index in [1.807, 2.05) is 33.7 Å². The van der Waals surface area contributed by atoms with Crippen LogP contribution in [-0.4, -0.2) is 58.0 Å². The highest BCUT2D eigenvalue weighted by Crippen LogP contribution is 2.25. The summed E-state index contributed by atoms with van der Waals surface area (Å²) in [5.41, 5.74) is 1.90. The van der Waals surface area contributed by atoms with Crippen LogP contribution in [0.2, 0.25) is 0 Å². The number of amides is 1. The molecule has 4 rings (SSSR count). The van der Waals surface area contributed by atoms with Crippen LogP contribution in [0.3, 0.4) is 0 Å². The number of aromatic nitrogens is 2. The Labute approximate surface area is 153 Å². The van der Waals surface area contributed by atoms with Gasteiger partial charge in [-0.15, -0.1) is 0 Å². The highest BCUT2D eigenvalue weighted by Gasteiger charge is 2.24. The third-order valence-electron chi connectivity index (χ3n) is 5.90. The smallest absolute Gasteiger partial charge is 0.326 e. The number of benzene rings is 1. The number of piperidine rings is 2. The number of rotatable bonds is 4. The van der Waals surface area contributed by atoms with E-state index in [4.69, 9.17) is 0 Å². The van der Waals surface area contributed by atoms with Gasteiger partial charge in [-0.05, 0) is 44.2 Å². The lowest BCUT2D eigenvalue weighted by Crippen LogP contribution is -2.40. The van der Waals surface area contributed by atoms with Crippen LogP contribution in [0.15, 0.2) is 29.1 Å². The summed E-state index contributed by atoms with van der Waals surface area (Å²) in [6.07, 6.45) is 6.09. The molecule has 0 spiro atoms. The van der Waals surface area contributed by atoms with Crippen LogP contribution in [0, 0.1) is 0 Å². The number of hydrogen-bond acceptors (Lipinski definition) is 3. The van der Waals surface area contributed by atoms with E-state index in [-0.39, 0.29) is 11.7 Å². The Hall–Kier alpha value is -2.08. The molecule has 0 radical (unpaired) electrons. The van der Waals surface area contributed by atoms with Crippen molar-refractivity contribution < 1.29 is 4.79 Å². The zero-order chi connectivity index (χ0) is 17.9. The number of aromatic amines is 1. The molecule has 1 N–H and O–H groups in total. The Morgan fingerprint density at radius 3 is 2.54 bits per heavy atom. The van der Waals surface area contributed by atoms with Crippen molar-refractivity contribution in [3.63, 3.8) is 0 Å². The molecule has 6 heteroatoms. The SMILES string of the molecule is O=C(CCN1CCC(n2c(=O)[nH]c3ccccc32)CC1)N1CCCCC1. The van der Waals surface area contributed by atoms with Crippen LogP contribution < -0.4 is 5.69 Å². The molecule has 1 aromatic carbocycles. The molecule has 26 heavy (non-hydrogen) atoms. The van der Waals surface area contributed by atoms with Gasteiger partial charge in [0.25, 0.3) is 0 Å². The molecule has 0 bridgehead atoms. The van der Waals surface area contributed by atoms with Crippen LogP contribution in [0.4, 0.5) is 0 Å². The molecule has 0 unspecified atom stereocenters. The molecule has 140 valence electrons. The van der Waals surface area contributed by atoms with Gasteiger partial charge >= 0.3 is 5.69 Å². The first-order valence-electron chi connectivity index (χ1n) is 9.92. The molecule has 6 nitrogen and oxygen atoms in total. The van der Waals surface area contributed by atoms with Crippen molar-refractivity contribution in [3.8, 4) is 0 Å². The predicted molar refractivity (Wildman–Crippen MR) is 102 cm³/mol. The normalized spacial score (nSPS) is 19.9. The lowest BCUT2D eigenvalue weighted by Gasteiger charge is -2.33. The average Bonchev–Trinajstić information content (AvgIpc) is 3.03. The molecule has 3 heterocycles. The largest absolute Gasteiger partial charge is 0.343 e. The summed E-state index contributed by atoms with van der Waals surface area (Å²) in [5.74, 6) is 0.305. The second kappa shape index (κ2) is 7.66. The minimum atomic E-state index is -0.00933. The van der Waals surface area contributed by atoms with Gasteiger partial charge in [0, 0.05) is 45.2 Å². The molecule has 2 saturated heterocycles. The maximum atomic E-state index is 12.4. The van der Waals surface area contributed by atoms with E-state index in [0.29, 0.717) is 12.3 Å². The van der Waals surface area contributed by atoms with Crippen LogP contribution in [0.5, 0.6) is 0 Å². The number of nitrogens with one attached hydrogen (secondary N) is 1. The van der Waals surface area contributed by atoms with E-state index in [1.54, 1.807) is 0 Å². The first-order chi connectivity index (χ1) is 12.7. The van der Waals surface area contributed by atoms with Gasteiger partial charge in [0.05, 0.1) is 11.0 Å². The van der Waals surface area contributed by atoms with Gasteiger partial charge in [-0.1, -0.05) is 12.1 Å². The standard InChI is InChI=1S/C20H28N4O2/c25-19(23-11-4-1-5-12-23)10-15-22-13-8-16(9-14-22)24-18-7-3-2-6-17(18)21-20(24)26/h2-3,6-7,16H,1,4-5,8-15H2,(H,21,26). The van der Waals surface area contributed by atoms with Gasteiger partial charge in [0.2, 0.25) is 5.91 Å². The minimum Gasteiger partial charge on any atom is -0.343 e. The summed E-state index contributed by atoms with van der Waals surface area (Å²) < 4.78 is 1.92. The predicted octanol–water partition coefficient (Wildman–Crippen LogP) is 2.37. The number of H-pyrrole nitrogens is 1. The Balaban J connectivity index is 1.32. The molecular formula is C20H28N4O2. The van der Waals surface area contributed by atoms with Gasteiger partial charge in [-0.2, -0.15) is 0 Å². The fourth-order valence-corrected chi connectivity index (χ4v) is 4.39. The fourth-order valence-electron chi connectivity index (χ4n) is 4.39. The summed E-state index contributed by atoms with van der Waals surface area (Å²) in [6, 6.07) is 8.14. The number of fused-ring (bicyclic) bond motifs is 1. The second-order valence-corrected chi connectivity index (χ2v) is 7.58. The number of carbonyl (C=O) groups is 1. The lowest BCUT2D eigenvalue weighted by atomic mass is 10.0. The topological polar surface area (TPSA) is 61.3 Å². The molecule has 2 fully saturated rings. The van der Waals surface area contributed by atoms with Crippen molar-refractivity contribution in [3.05, 3.63) is 34.7 Å². The maximum absolute atomic E-state index is 12.4. The molecule has 0 saturated carbocycles. The summed E-state index contributed by atoms with van der Waals surface area (Å²) in [4.78, 5) is 32.0. The van der Waals surface area contributed by atoms with Gasteiger partial charge in [0.15, 0.2) is 0 Å². The monoisotopic (exact) mass is 356 g/mol. The van der Waals surface area contributed by atoms with E-state index in [0.717, 1.165) is 69.4 Å². The molecule has 1 amide bonds. The zero-order valence-electron chi connectivity index (χ0n) is 15.3. The summed E-state index contributed by atoms with van der Waals surface area (Å²) >= 11 is 0. The van der Waals surface area contributed by atoms with Crippen LogP contribution >= 0.6 is 0 Å². The third kappa shape index (κ3) is 3.56. The first-order valence-corrected chi connectivity index (χ1v) is 9.92. The minimum absolute atomic E-state index is 0.00933. The highest BCUT2D eigenvalue weighted by molar-refractivity contribution is 5.76. The number of hydrogen-bond donors (Lipinski definition) is 1. The van der Waals surface area contributed by atoms with E-state index in [1.165, 1.54) is 6.42 Å². The summed E-state index contributed by atoms with van der Waals surface area (Å²) in [6.45, 7) is 4.60. The third-order valence-corrected chi connectivity index (χ3v) is 5.90. The Morgan fingerprint density at radius 2 is 1.77 bits per heavy atom. The zero-order valence-corrected chi connectivity index (χ0v) is 15.3.